The Labute approximate surface area is 234 Å². The van der Waals surface area contributed by atoms with Crippen molar-refractivity contribution in [2.75, 3.05) is 11.9 Å². The largest absolute Gasteiger partial charge is 0.483 e. The summed E-state index contributed by atoms with van der Waals surface area (Å²) in [6, 6.07) is 14.6. The van der Waals surface area contributed by atoms with Gasteiger partial charge < -0.3 is 10.1 Å². The summed E-state index contributed by atoms with van der Waals surface area (Å²) in [5.41, 5.74) is 6.09. The number of amides is 3. The molecule has 12 heteroatoms. The second kappa shape index (κ2) is 13.0. The van der Waals surface area contributed by atoms with Gasteiger partial charge in [0, 0.05) is 28.0 Å². The highest BCUT2D eigenvalue weighted by Crippen LogP contribution is 2.34. The number of ether oxygens (including phenoxy) is 1. The number of carbonyl (C=O) groups is 3. The molecule has 36 heavy (non-hydrogen) atoms. The smallest absolute Gasteiger partial charge is 0.264 e. The van der Waals surface area contributed by atoms with Crippen LogP contribution in [0.25, 0.3) is 10.8 Å². The molecular weight excluding hydrogens is 636 g/mol. The first kappa shape index (κ1) is 27.9. The molecule has 0 fully saturated rings. The van der Waals surface area contributed by atoms with Gasteiger partial charge in [-0.15, -0.1) is 0 Å². The average molecular weight is 657 g/mol. The van der Waals surface area contributed by atoms with Gasteiger partial charge in [-0.3, -0.25) is 30.6 Å². The van der Waals surface area contributed by atoms with E-state index in [0.29, 0.717) is 16.5 Å². The summed E-state index contributed by atoms with van der Waals surface area (Å²) in [4.78, 5) is 36.3. The molecule has 3 rings (SSSR count). The number of fused-ring (bicyclic) bond motifs is 1. The number of halogens is 3. The van der Waals surface area contributed by atoms with Crippen LogP contribution in [0.4, 0.5) is 5.69 Å². The van der Waals surface area contributed by atoms with Gasteiger partial charge in [-0.05, 0) is 81.7 Å². The number of hydrogen-bond donors (Lipinski definition) is 4. The van der Waals surface area contributed by atoms with Crippen molar-refractivity contribution in [1.29, 1.82) is 0 Å². The van der Waals surface area contributed by atoms with Crippen LogP contribution in [-0.4, -0.2) is 29.4 Å². The molecule has 3 aromatic carbocycles. The molecule has 0 saturated heterocycles. The van der Waals surface area contributed by atoms with E-state index in [1.807, 2.05) is 24.3 Å². The molecule has 8 nitrogen and oxygen atoms in total. The lowest BCUT2D eigenvalue weighted by atomic mass is 10.1. The number of nitrogens with one attached hydrogen (secondary N) is 4. The van der Waals surface area contributed by atoms with Crippen LogP contribution in [-0.2, 0) is 14.4 Å². The van der Waals surface area contributed by atoms with Crippen LogP contribution in [0.15, 0.2) is 57.5 Å². The maximum atomic E-state index is 12.2. The van der Waals surface area contributed by atoms with E-state index in [9.17, 15) is 14.4 Å². The molecule has 0 aliphatic carbocycles. The Bertz CT molecular complexity index is 1340. The Hall–Kier alpha value is -2.73. The fourth-order valence-electron chi connectivity index (χ4n) is 3.06. The summed E-state index contributed by atoms with van der Waals surface area (Å²) in [6.07, 6.45) is -0.144. The second-order valence-electron chi connectivity index (χ2n) is 7.54. The Kier molecular flexibility index (Phi) is 10.1. The van der Waals surface area contributed by atoms with E-state index < -0.39 is 11.8 Å². The van der Waals surface area contributed by atoms with Crippen LogP contribution in [0.2, 0.25) is 5.02 Å². The van der Waals surface area contributed by atoms with Gasteiger partial charge in [0.15, 0.2) is 11.7 Å². The third-order valence-corrected chi connectivity index (χ3v) is 6.85. The van der Waals surface area contributed by atoms with Gasteiger partial charge in [0.2, 0.25) is 11.8 Å². The van der Waals surface area contributed by atoms with Crippen molar-refractivity contribution >= 4 is 95.0 Å². The Morgan fingerprint density at radius 1 is 0.972 bits per heavy atom. The lowest BCUT2D eigenvalue weighted by Gasteiger charge is -2.13. The molecule has 0 atom stereocenters. The van der Waals surface area contributed by atoms with Crippen LogP contribution in [0.5, 0.6) is 5.75 Å². The van der Waals surface area contributed by atoms with Crippen LogP contribution >= 0.6 is 55.7 Å². The average Bonchev–Trinajstić information content (AvgIpc) is 2.84. The standard InChI is InChI=1S/C24H21Br2ClN4O4S/c1-13-17(27)3-2-4-18(13)28-20(32)9-10-21(33)30-31-24(36)29-22(34)12-35-19-8-5-14-11-15(25)6-7-16(14)23(19)26/h2-8,11H,9-10,12H2,1H3,(H,28,32)(H,30,33)(H2,29,31,34,36). The van der Waals surface area contributed by atoms with Crippen molar-refractivity contribution in [2.45, 2.75) is 19.8 Å². The van der Waals surface area contributed by atoms with Crippen LogP contribution < -0.4 is 26.2 Å². The number of benzene rings is 3. The van der Waals surface area contributed by atoms with E-state index in [1.165, 1.54) is 0 Å². The first-order valence-electron chi connectivity index (χ1n) is 10.6. The minimum Gasteiger partial charge on any atom is -0.483 e. The summed E-state index contributed by atoms with van der Waals surface area (Å²) < 4.78 is 7.28. The highest BCUT2D eigenvalue weighted by Gasteiger charge is 2.12. The molecule has 0 unspecified atom stereocenters. The van der Waals surface area contributed by atoms with Crippen LogP contribution in [0, 0.1) is 6.92 Å². The van der Waals surface area contributed by atoms with E-state index in [1.54, 1.807) is 31.2 Å². The minimum atomic E-state index is -0.513. The quantitative estimate of drug-likeness (QED) is 0.207. The SMILES string of the molecule is Cc1c(Cl)cccc1NC(=O)CCC(=O)NNC(=S)NC(=O)COc1ccc2cc(Br)ccc2c1Br. The van der Waals surface area contributed by atoms with E-state index in [0.717, 1.165) is 25.3 Å². The molecule has 3 amide bonds. The number of hydrazine groups is 1. The van der Waals surface area contributed by atoms with Crippen molar-refractivity contribution < 1.29 is 19.1 Å². The molecule has 4 N–H and O–H groups in total. The number of carbonyl (C=O) groups excluding carboxylic acids is 3. The molecular formula is C24H21Br2ClN4O4S. The highest BCUT2D eigenvalue weighted by atomic mass is 79.9. The molecule has 0 spiro atoms. The molecule has 0 aliphatic heterocycles. The number of rotatable bonds is 7. The van der Waals surface area contributed by atoms with Gasteiger partial charge in [-0.2, -0.15) is 0 Å². The molecule has 0 heterocycles. The van der Waals surface area contributed by atoms with E-state index in [2.05, 4.69) is 53.3 Å². The van der Waals surface area contributed by atoms with Gasteiger partial charge in [0.1, 0.15) is 5.75 Å². The normalized spacial score (nSPS) is 10.4. The molecule has 188 valence electrons. The fourth-order valence-corrected chi connectivity index (χ4v) is 4.39. The third-order valence-electron chi connectivity index (χ3n) is 4.93. The monoisotopic (exact) mass is 654 g/mol. The zero-order chi connectivity index (χ0) is 26.2. The predicted molar refractivity (Wildman–Crippen MR) is 151 cm³/mol. The molecule has 0 bridgehead atoms. The summed E-state index contributed by atoms with van der Waals surface area (Å²) in [5.74, 6) is -0.831. The summed E-state index contributed by atoms with van der Waals surface area (Å²) in [6.45, 7) is 1.49. The van der Waals surface area contributed by atoms with Crippen molar-refractivity contribution in [3.8, 4) is 5.75 Å². The second-order valence-corrected chi connectivity index (χ2v) is 10.1. The van der Waals surface area contributed by atoms with E-state index >= 15 is 0 Å². The minimum absolute atomic E-state index is 0.0516. The third kappa shape index (κ3) is 7.89. The Morgan fingerprint density at radius 3 is 2.50 bits per heavy atom. The van der Waals surface area contributed by atoms with E-state index in [4.69, 9.17) is 28.6 Å². The zero-order valence-electron chi connectivity index (χ0n) is 18.9. The maximum Gasteiger partial charge on any atom is 0.264 e. The lowest BCUT2D eigenvalue weighted by Crippen LogP contribution is -2.49. The summed E-state index contributed by atoms with van der Waals surface area (Å²) in [5, 5.41) is 7.49. The number of anilines is 1. The highest BCUT2D eigenvalue weighted by molar-refractivity contribution is 9.11. The van der Waals surface area contributed by atoms with Crippen molar-refractivity contribution in [2.24, 2.45) is 0 Å². The van der Waals surface area contributed by atoms with Gasteiger partial charge in [0.05, 0.1) is 4.47 Å². The zero-order valence-corrected chi connectivity index (χ0v) is 23.7. The van der Waals surface area contributed by atoms with Gasteiger partial charge in [0.25, 0.3) is 5.91 Å². The molecule has 0 saturated carbocycles. The number of thiocarbonyl (C=S) groups is 1. The fraction of sp³-hybridized carbons (Fsp3) is 0.167. The first-order valence-corrected chi connectivity index (χ1v) is 13.0. The van der Waals surface area contributed by atoms with Gasteiger partial charge >= 0.3 is 0 Å². The molecule has 0 aliphatic rings. The van der Waals surface area contributed by atoms with Crippen LogP contribution in [0.3, 0.4) is 0 Å². The van der Waals surface area contributed by atoms with E-state index in [-0.39, 0.29) is 30.5 Å². The van der Waals surface area contributed by atoms with Crippen LogP contribution in [0.1, 0.15) is 18.4 Å². The molecule has 3 aromatic rings. The number of hydrogen-bond acceptors (Lipinski definition) is 5. The predicted octanol–water partition coefficient (Wildman–Crippen LogP) is 5.15. The lowest BCUT2D eigenvalue weighted by molar-refractivity contribution is -0.125. The summed E-state index contributed by atoms with van der Waals surface area (Å²) in [7, 11) is 0. The Balaban J connectivity index is 1.38. The summed E-state index contributed by atoms with van der Waals surface area (Å²) >= 11 is 18.0. The Morgan fingerprint density at radius 2 is 1.72 bits per heavy atom. The first-order chi connectivity index (χ1) is 17.1. The van der Waals surface area contributed by atoms with Crippen molar-refractivity contribution in [1.82, 2.24) is 16.2 Å². The topological polar surface area (TPSA) is 109 Å². The maximum absolute atomic E-state index is 12.2. The molecule has 0 aromatic heterocycles. The molecule has 0 radical (unpaired) electrons. The van der Waals surface area contributed by atoms with Gasteiger partial charge in [-0.1, -0.05) is 45.7 Å². The van der Waals surface area contributed by atoms with Crippen molar-refractivity contribution in [3.63, 3.8) is 0 Å². The van der Waals surface area contributed by atoms with Gasteiger partial charge in [-0.25, -0.2) is 0 Å². The van der Waals surface area contributed by atoms with Crippen molar-refractivity contribution in [3.05, 3.63) is 68.1 Å².